The monoisotopic (exact) mass is 403 g/mol. The maximum atomic E-state index is 12.6. The maximum absolute atomic E-state index is 12.6. The number of carbonyl (C=O) groups excluding carboxylic acids is 3. The van der Waals surface area contributed by atoms with Crippen molar-refractivity contribution < 1.29 is 18.8 Å². The first-order valence-corrected chi connectivity index (χ1v) is 9.56. The number of amides is 3. The largest absolute Gasteiger partial charge is 0.459 e. The van der Waals surface area contributed by atoms with Crippen molar-refractivity contribution in [1.82, 2.24) is 15.5 Å². The van der Waals surface area contributed by atoms with E-state index in [-0.39, 0.29) is 29.4 Å². The minimum Gasteiger partial charge on any atom is -0.459 e. The first-order valence-electron chi connectivity index (χ1n) is 9.19. The standard InChI is InChI=1S/C20H22ClN3O4/c21-16-7-5-14(6-8-16)20(27)24-11-1-3-15(13-24)18(25)22-9-10-23-19(26)17-4-2-12-28-17/h2,4-8,12,15H,1,3,9-11,13H2,(H,22,25)(H,23,26). The highest BCUT2D eigenvalue weighted by atomic mass is 35.5. The Morgan fingerprint density at radius 2 is 1.86 bits per heavy atom. The fourth-order valence-corrected chi connectivity index (χ4v) is 3.28. The minimum atomic E-state index is -0.323. The molecule has 148 valence electrons. The molecule has 1 fully saturated rings. The second kappa shape index (κ2) is 9.41. The average Bonchev–Trinajstić information content (AvgIpc) is 3.26. The van der Waals surface area contributed by atoms with Crippen molar-refractivity contribution in [3.63, 3.8) is 0 Å². The van der Waals surface area contributed by atoms with E-state index in [4.69, 9.17) is 16.0 Å². The van der Waals surface area contributed by atoms with Crippen LogP contribution in [-0.4, -0.2) is 48.8 Å². The lowest BCUT2D eigenvalue weighted by atomic mass is 9.96. The summed E-state index contributed by atoms with van der Waals surface area (Å²) in [7, 11) is 0. The lowest BCUT2D eigenvalue weighted by Gasteiger charge is -2.32. The topological polar surface area (TPSA) is 91.7 Å². The average molecular weight is 404 g/mol. The third-order valence-corrected chi connectivity index (χ3v) is 4.88. The van der Waals surface area contributed by atoms with Crippen LogP contribution in [0.3, 0.4) is 0 Å². The third-order valence-electron chi connectivity index (χ3n) is 4.63. The predicted molar refractivity (Wildman–Crippen MR) is 104 cm³/mol. The molecule has 0 spiro atoms. The van der Waals surface area contributed by atoms with Crippen LogP contribution >= 0.6 is 11.6 Å². The molecule has 7 nitrogen and oxygen atoms in total. The molecule has 1 aliphatic heterocycles. The van der Waals surface area contributed by atoms with Gasteiger partial charge in [0.25, 0.3) is 11.8 Å². The highest BCUT2D eigenvalue weighted by molar-refractivity contribution is 6.30. The predicted octanol–water partition coefficient (Wildman–Crippen LogP) is 2.33. The number of hydrogen-bond acceptors (Lipinski definition) is 4. The first-order chi connectivity index (χ1) is 13.5. The second-order valence-corrected chi connectivity index (χ2v) is 7.06. The molecule has 2 aromatic rings. The molecule has 0 saturated carbocycles. The van der Waals surface area contributed by atoms with E-state index in [0.29, 0.717) is 36.8 Å². The Hall–Kier alpha value is -2.80. The van der Waals surface area contributed by atoms with E-state index in [1.165, 1.54) is 6.26 Å². The van der Waals surface area contributed by atoms with Gasteiger partial charge in [-0.1, -0.05) is 11.6 Å². The SMILES string of the molecule is O=C(NCCNC(=O)C1CCCN(C(=O)c2ccc(Cl)cc2)C1)c1ccco1. The van der Waals surface area contributed by atoms with Crippen molar-refractivity contribution in [1.29, 1.82) is 0 Å². The summed E-state index contributed by atoms with van der Waals surface area (Å²) in [6.07, 6.45) is 2.93. The number of halogens is 1. The molecule has 1 saturated heterocycles. The molecule has 3 amide bonds. The number of piperidine rings is 1. The van der Waals surface area contributed by atoms with Gasteiger partial charge in [-0.15, -0.1) is 0 Å². The van der Waals surface area contributed by atoms with Gasteiger partial charge < -0.3 is 20.0 Å². The van der Waals surface area contributed by atoms with Crippen LogP contribution in [0.1, 0.15) is 33.8 Å². The van der Waals surface area contributed by atoms with Crippen molar-refractivity contribution in [3.8, 4) is 0 Å². The van der Waals surface area contributed by atoms with E-state index >= 15 is 0 Å². The number of furan rings is 1. The summed E-state index contributed by atoms with van der Waals surface area (Å²) in [5.74, 6) is -0.557. The lowest BCUT2D eigenvalue weighted by molar-refractivity contribution is -0.126. The number of hydrogen-bond donors (Lipinski definition) is 2. The van der Waals surface area contributed by atoms with Crippen molar-refractivity contribution in [3.05, 3.63) is 59.0 Å². The van der Waals surface area contributed by atoms with Crippen LogP contribution in [0.2, 0.25) is 5.02 Å². The molecule has 1 aromatic heterocycles. The Bertz CT molecular complexity index is 820. The Labute approximate surface area is 168 Å². The van der Waals surface area contributed by atoms with Crippen LogP contribution in [0.15, 0.2) is 47.1 Å². The molecule has 0 radical (unpaired) electrons. The zero-order valence-corrected chi connectivity index (χ0v) is 16.1. The normalized spacial score (nSPS) is 16.5. The molecule has 1 unspecified atom stereocenters. The van der Waals surface area contributed by atoms with Gasteiger partial charge in [0.2, 0.25) is 5.91 Å². The summed E-state index contributed by atoms with van der Waals surface area (Å²) in [6.45, 7) is 1.62. The summed E-state index contributed by atoms with van der Waals surface area (Å²) in [4.78, 5) is 38.5. The molecule has 1 aliphatic rings. The highest BCUT2D eigenvalue weighted by Gasteiger charge is 2.28. The molecule has 2 N–H and O–H groups in total. The summed E-state index contributed by atoms with van der Waals surface area (Å²) in [5.41, 5.74) is 0.561. The molecule has 3 rings (SSSR count). The van der Waals surface area contributed by atoms with Gasteiger partial charge in [-0.3, -0.25) is 14.4 Å². The van der Waals surface area contributed by atoms with Gasteiger partial charge in [0.05, 0.1) is 12.2 Å². The number of nitrogens with zero attached hydrogens (tertiary/aromatic N) is 1. The number of rotatable bonds is 6. The number of likely N-dealkylation sites (tertiary alicyclic amines) is 1. The Kier molecular flexibility index (Phi) is 6.71. The van der Waals surface area contributed by atoms with Crippen molar-refractivity contribution in [2.24, 2.45) is 5.92 Å². The molecular formula is C20H22ClN3O4. The van der Waals surface area contributed by atoms with E-state index in [2.05, 4.69) is 10.6 Å². The zero-order valence-electron chi connectivity index (χ0n) is 15.3. The second-order valence-electron chi connectivity index (χ2n) is 6.62. The van der Waals surface area contributed by atoms with Crippen LogP contribution in [0, 0.1) is 5.92 Å². The summed E-state index contributed by atoms with van der Waals surface area (Å²) in [5, 5.41) is 6.07. The molecule has 8 heteroatoms. The van der Waals surface area contributed by atoms with Gasteiger partial charge in [-0.2, -0.15) is 0 Å². The Morgan fingerprint density at radius 1 is 1.11 bits per heavy atom. The molecular weight excluding hydrogens is 382 g/mol. The van der Waals surface area contributed by atoms with Crippen LogP contribution in [-0.2, 0) is 4.79 Å². The van der Waals surface area contributed by atoms with Gasteiger partial charge in [-0.25, -0.2) is 0 Å². The van der Waals surface area contributed by atoms with Gasteiger partial charge in [-0.05, 0) is 49.2 Å². The van der Waals surface area contributed by atoms with Crippen LogP contribution in [0.4, 0.5) is 0 Å². The fourth-order valence-electron chi connectivity index (χ4n) is 3.15. The van der Waals surface area contributed by atoms with E-state index in [0.717, 1.165) is 12.8 Å². The highest BCUT2D eigenvalue weighted by Crippen LogP contribution is 2.19. The van der Waals surface area contributed by atoms with Gasteiger partial charge in [0.1, 0.15) is 0 Å². The van der Waals surface area contributed by atoms with E-state index in [1.807, 2.05) is 0 Å². The number of nitrogens with one attached hydrogen (secondary N) is 2. The lowest BCUT2D eigenvalue weighted by Crippen LogP contribution is -2.46. The molecule has 2 heterocycles. The number of carbonyl (C=O) groups is 3. The summed E-state index contributed by atoms with van der Waals surface area (Å²) >= 11 is 5.87. The first kappa shape index (κ1) is 19.9. The molecule has 28 heavy (non-hydrogen) atoms. The van der Waals surface area contributed by atoms with E-state index in [1.54, 1.807) is 41.3 Å². The summed E-state index contributed by atoms with van der Waals surface area (Å²) in [6, 6.07) is 9.95. The molecule has 0 bridgehead atoms. The summed E-state index contributed by atoms with van der Waals surface area (Å²) < 4.78 is 5.00. The number of benzene rings is 1. The molecule has 0 aliphatic carbocycles. The van der Waals surface area contributed by atoms with Crippen LogP contribution < -0.4 is 10.6 Å². The van der Waals surface area contributed by atoms with Crippen LogP contribution in [0.25, 0.3) is 0 Å². The Morgan fingerprint density at radius 3 is 2.57 bits per heavy atom. The van der Waals surface area contributed by atoms with Gasteiger partial charge in [0, 0.05) is 36.8 Å². The van der Waals surface area contributed by atoms with Crippen molar-refractivity contribution in [2.45, 2.75) is 12.8 Å². The Balaban J connectivity index is 1.44. The minimum absolute atomic E-state index is 0.0973. The third kappa shape index (κ3) is 5.13. The van der Waals surface area contributed by atoms with Crippen molar-refractivity contribution >= 4 is 29.3 Å². The quantitative estimate of drug-likeness (QED) is 0.724. The van der Waals surface area contributed by atoms with E-state index in [9.17, 15) is 14.4 Å². The smallest absolute Gasteiger partial charge is 0.287 e. The zero-order chi connectivity index (χ0) is 19.9. The van der Waals surface area contributed by atoms with Crippen molar-refractivity contribution in [2.75, 3.05) is 26.2 Å². The molecule has 1 atom stereocenters. The van der Waals surface area contributed by atoms with Gasteiger partial charge in [0.15, 0.2) is 5.76 Å². The van der Waals surface area contributed by atoms with Crippen LogP contribution in [0.5, 0.6) is 0 Å². The van der Waals surface area contributed by atoms with E-state index < -0.39 is 0 Å². The fraction of sp³-hybridized carbons (Fsp3) is 0.350. The molecule has 1 aromatic carbocycles. The van der Waals surface area contributed by atoms with Gasteiger partial charge >= 0.3 is 0 Å². The maximum Gasteiger partial charge on any atom is 0.287 e.